The Bertz CT molecular complexity index is 515. The second-order valence-electron chi connectivity index (χ2n) is 5.85. The van der Waals surface area contributed by atoms with E-state index >= 15 is 0 Å². The van der Waals surface area contributed by atoms with Crippen molar-refractivity contribution in [1.29, 1.82) is 0 Å². The summed E-state index contributed by atoms with van der Waals surface area (Å²) in [5, 5.41) is 3.45. The number of nitrogens with zero attached hydrogens (tertiary/aromatic N) is 1. The molecule has 1 saturated carbocycles. The molecule has 100 valence electrons. The van der Waals surface area contributed by atoms with Gasteiger partial charge in [-0.3, -0.25) is 9.59 Å². The van der Waals surface area contributed by atoms with Crippen LogP contribution in [-0.2, 0) is 0 Å². The van der Waals surface area contributed by atoms with E-state index in [1.54, 1.807) is 29.2 Å². The highest BCUT2D eigenvalue weighted by Crippen LogP contribution is 2.46. The predicted octanol–water partition coefficient (Wildman–Crippen LogP) is 1.32. The number of amides is 1. The van der Waals surface area contributed by atoms with Crippen molar-refractivity contribution in [2.24, 2.45) is 5.41 Å². The summed E-state index contributed by atoms with van der Waals surface area (Å²) < 4.78 is 0. The summed E-state index contributed by atoms with van der Waals surface area (Å²) in [7, 11) is 1.82. The van der Waals surface area contributed by atoms with E-state index in [4.69, 9.17) is 0 Å². The Labute approximate surface area is 112 Å². The zero-order valence-electron chi connectivity index (χ0n) is 11.1. The molecule has 1 amide bonds. The highest BCUT2D eigenvalue weighted by Gasteiger charge is 2.50. The Morgan fingerprint density at radius 1 is 1.47 bits per heavy atom. The van der Waals surface area contributed by atoms with E-state index in [1.165, 1.54) is 12.8 Å². The Balaban J connectivity index is 1.74. The molecule has 3 aliphatic rings. The molecule has 1 aromatic carbocycles. The summed E-state index contributed by atoms with van der Waals surface area (Å²) in [6.07, 6.45) is 3.08. The van der Waals surface area contributed by atoms with E-state index in [0.717, 1.165) is 19.4 Å². The molecule has 4 rings (SSSR count). The van der Waals surface area contributed by atoms with E-state index in [0.29, 0.717) is 17.2 Å². The normalized spacial score (nSPS) is 27.7. The van der Waals surface area contributed by atoms with Gasteiger partial charge in [0.1, 0.15) is 0 Å². The summed E-state index contributed by atoms with van der Waals surface area (Å²) >= 11 is 0. The average Bonchev–Trinajstić information content (AvgIpc) is 2.97. The minimum Gasteiger partial charge on any atom is -0.341 e. The van der Waals surface area contributed by atoms with Crippen molar-refractivity contribution in [3.63, 3.8) is 0 Å². The van der Waals surface area contributed by atoms with Gasteiger partial charge in [-0.25, -0.2) is 0 Å². The molecule has 0 atom stereocenters. The zero-order chi connectivity index (χ0) is 13.5. The second-order valence-corrected chi connectivity index (χ2v) is 5.85. The molecule has 0 spiro atoms. The molecule has 0 aromatic heterocycles. The number of carbonyl (C=O) groups is 2. The molecule has 2 bridgehead atoms. The Morgan fingerprint density at radius 2 is 2.21 bits per heavy atom. The van der Waals surface area contributed by atoms with E-state index in [9.17, 15) is 9.59 Å². The second kappa shape index (κ2) is 4.46. The molecule has 19 heavy (non-hydrogen) atoms. The maximum absolute atomic E-state index is 12.4. The van der Waals surface area contributed by atoms with Crippen LogP contribution in [0, 0.1) is 5.41 Å². The lowest BCUT2D eigenvalue weighted by Gasteiger charge is -2.39. The Kier molecular flexibility index (Phi) is 2.90. The first-order valence-corrected chi connectivity index (χ1v) is 6.67. The number of hydrogen-bond donors (Lipinski definition) is 1. The maximum atomic E-state index is 12.4. The van der Waals surface area contributed by atoms with Gasteiger partial charge in [0.05, 0.1) is 5.56 Å². The van der Waals surface area contributed by atoms with Crippen LogP contribution in [-0.4, -0.2) is 43.3 Å². The average molecular weight is 258 g/mol. The molecule has 3 fully saturated rings. The van der Waals surface area contributed by atoms with Crippen LogP contribution in [0.25, 0.3) is 0 Å². The van der Waals surface area contributed by atoms with E-state index in [1.807, 2.05) is 7.05 Å². The van der Waals surface area contributed by atoms with E-state index in [-0.39, 0.29) is 11.3 Å². The van der Waals surface area contributed by atoms with Gasteiger partial charge < -0.3 is 10.2 Å². The molecular weight excluding hydrogens is 240 g/mol. The Hall–Kier alpha value is -1.68. The standard InChI is InChI=1S/C15H18N2O2/c1-17(10-15-6-12(7-15)16-9-15)14(19)13-5-3-2-4-11(13)8-18/h2-5,8,12,16H,6-7,9-10H2,1H3. The van der Waals surface area contributed by atoms with Crippen LogP contribution in [0.2, 0.25) is 0 Å². The van der Waals surface area contributed by atoms with Crippen molar-refractivity contribution in [2.75, 3.05) is 20.1 Å². The summed E-state index contributed by atoms with van der Waals surface area (Å²) in [6, 6.07) is 7.63. The van der Waals surface area contributed by atoms with Gasteiger partial charge in [-0.15, -0.1) is 0 Å². The first-order chi connectivity index (χ1) is 9.13. The van der Waals surface area contributed by atoms with Crippen molar-refractivity contribution in [3.05, 3.63) is 35.4 Å². The van der Waals surface area contributed by atoms with Crippen molar-refractivity contribution < 1.29 is 9.59 Å². The number of fused-ring (bicyclic) bond motifs is 1. The highest BCUT2D eigenvalue weighted by atomic mass is 16.2. The SMILES string of the molecule is CN(CC12CNC(C1)C2)C(=O)c1ccccc1C=O. The minimum absolute atomic E-state index is 0.0626. The largest absolute Gasteiger partial charge is 0.341 e. The van der Waals surface area contributed by atoms with Crippen molar-refractivity contribution in [1.82, 2.24) is 10.2 Å². The quantitative estimate of drug-likeness (QED) is 0.829. The van der Waals surface area contributed by atoms with Crippen molar-refractivity contribution >= 4 is 12.2 Å². The number of rotatable bonds is 4. The predicted molar refractivity (Wildman–Crippen MR) is 72.2 cm³/mol. The smallest absolute Gasteiger partial charge is 0.254 e. The molecular formula is C15H18N2O2. The molecule has 1 aromatic rings. The fourth-order valence-corrected chi connectivity index (χ4v) is 3.40. The molecule has 2 saturated heterocycles. The van der Waals surface area contributed by atoms with E-state index < -0.39 is 0 Å². The molecule has 2 aliphatic heterocycles. The zero-order valence-corrected chi connectivity index (χ0v) is 11.1. The van der Waals surface area contributed by atoms with Crippen LogP contribution in [0.4, 0.5) is 0 Å². The van der Waals surface area contributed by atoms with Gasteiger partial charge in [0.2, 0.25) is 0 Å². The molecule has 0 unspecified atom stereocenters. The lowest BCUT2D eigenvalue weighted by Crippen LogP contribution is -2.44. The summed E-state index contributed by atoms with van der Waals surface area (Å²) in [6.45, 7) is 1.77. The van der Waals surface area contributed by atoms with Gasteiger partial charge in [-0.05, 0) is 18.9 Å². The monoisotopic (exact) mass is 258 g/mol. The summed E-state index contributed by atoms with van der Waals surface area (Å²) in [5.41, 5.74) is 1.23. The molecule has 1 aliphatic carbocycles. The lowest BCUT2D eigenvalue weighted by molar-refractivity contribution is 0.0655. The molecule has 2 heterocycles. The van der Waals surface area contributed by atoms with Gasteiger partial charge in [-0.1, -0.05) is 18.2 Å². The minimum atomic E-state index is -0.0626. The van der Waals surface area contributed by atoms with Crippen LogP contribution in [0.15, 0.2) is 24.3 Å². The third-order valence-electron chi connectivity index (χ3n) is 4.36. The molecule has 4 nitrogen and oxygen atoms in total. The van der Waals surface area contributed by atoms with Crippen molar-refractivity contribution in [3.8, 4) is 0 Å². The maximum Gasteiger partial charge on any atom is 0.254 e. The lowest BCUT2D eigenvalue weighted by atomic mass is 9.70. The van der Waals surface area contributed by atoms with E-state index in [2.05, 4.69) is 5.32 Å². The molecule has 4 heteroatoms. The number of nitrogens with one attached hydrogen (secondary N) is 1. The van der Waals surface area contributed by atoms with Gasteiger partial charge in [-0.2, -0.15) is 0 Å². The number of aldehydes is 1. The van der Waals surface area contributed by atoms with Crippen LogP contribution in [0.1, 0.15) is 33.6 Å². The van der Waals surface area contributed by atoms with Gasteiger partial charge in [0, 0.05) is 37.2 Å². The van der Waals surface area contributed by atoms with Gasteiger partial charge in [0.15, 0.2) is 6.29 Å². The summed E-state index contributed by atoms with van der Waals surface area (Å²) in [5.74, 6) is -0.0626. The first-order valence-electron chi connectivity index (χ1n) is 6.67. The third-order valence-corrected chi connectivity index (χ3v) is 4.36. The third kappa shape index (κ3) is 2.06. The van der Waals surface area contributed by atoms with Gasteiger partial charge in [0.25, 0.3) is 5.91 Å². The topological polar surface area (TPSA) is 49.4 Å². The number of benzene rings is 1. The molecule has 0 radical (unpaired) electrons. The van der Waals surface area contributed by atoms with Crippen LogP contribution in [0.3, 0.4) is 0 Å². The molecule has 1 N–H and O–H groups in total. The number of hydrogen-bond acceptors (Lipinski definition) is 3. The van der Waals surface area contributed by atoms with Crippen LogP contribution >= 0.6 is 0 Å². The first kappa shape index (κ1) is 12.4. The van der Waals surface area contributed by atoms with Gasteiger partial charge >= 0.3 is 0 Å². The fourth-order valence-electron chi connectivity index (χ4n) is 3.40. The van der Waals surface area contributed by atoms with Crippen molar-refractivity contribution in [2.45, 2.75) is 18.9 Å². The fraction of sp³-hybridized carbons (Fsp3) is 0.467. The Morgan fingerprint density at radius 3 is 2.84 bits per heavy atom. The summed E-state index contributed by atoms with van der Waals surface area (Å²) in [4.78, 5) is 25.2. The number of carbonyl (C=O) groups excluding carboxylic acids is 2. The highest BCUT2D eigenvalue weighted by molar-refractivity contribution is 6.01. The van der Waals surface area contributed by atoms with Crippen LogP contribution < -0.4 is 5.32 Å². The van der Waals surface area contributed by atoms with Crippen LogP contribution in [0.5, 0.6) is 0 Å².